The van der Waals surface area contributed by atoms with Crippen molar-refractivity contribution in [3.05, 3.63) is 65.2 Å². The van der Waals surface area contributed by atoms with Gasteiger partial charge in [-0.25, -0.2) is 0 Å². The summed E-state index contributed by atoms with van der Waals surface area (Å²) in [7, 11) is 0. The van der Waals surface area contributed by atoms with E-state index in [1.807, 2.05) is 24.3 Å². The third-order valence-electron chi connectivity index (χ3n) is 4.29. The number of ether oxygens (including phenoxy) is 1. The van der Waals surface area contributed by atoms with Gasteiger partial charge in [0, 0.05) is 29.9 Å². The molecule has 2 aromatic rings. The number of aryl methyl sites for hydroxylation is 1. The summed E-state index contributed by atoms with van der Waals surface area (Å²) < 4.78 is 5.27. The van der Waals surface area contributed by atoms with E-state index >= 15 is 0 Å². The Morgan fingerprint density at radius 3 is 2.40 bits per heavy atom. The van der Waals surface area contributed by atoms with Gasteiger partial charge in [-0.05, 0) is 42.3 Å². The van der Waals surface area contributed by atoms with E-state index in [0.29, 0.717) is 37.4 Å². The lowest BCUT2D eigenvalue weighted by atomic mass is 10.1. The Morgan fingerprint density at radius 2 is 1.72 bits per heavy atom. The SMILES string of the molecule is CCc1ccc(NC(=O)c2cccc(C(=O)N3CCOCC3)c2)cc1. The fraction of sp³-hybridized carbons (Fsp3) is 0.300. The summed E-state index contributed by atoms with van der Waals surface area (Å²) in [5, 5.41) is 2.87. The van der Waals surface area contributed by atoms with Crippen LogP contribution in [0.4, 0.5) is 5.69 Å². The van der Waals surface area contributed by atoms with E-state index in [9.17, 15) is 9.59 Å². The van der Waals surface area contributed by atoms with E-state index < -0.39 is 0 Å². The molecular formula is C20H22N2O3. The maximum absolute atomic E-state index is 12.5. The number of hydrogen-bond donors (Lipinski definition) is 1. The lowest BCUT2D eigenvalue weighted by Crippen LogP contribution is -2.40. The Kier molecular flexibility index (Phi) is 5.46. The van der Waals surface area contributed by atoms with Crippen molar-refractivity contribution in [1.29, 1.82) is 0 Å². The van der Waals surface area contributed by atoms with Crippen LogP contribution >= 0.6 is 0 Å². The number of nitrogens with zero attached hydrogens (tertiary/aromatic N) is 1. The van der Waals surface area contributed by atoms with Gasteiger partial charge in [-0.1, -0.05) is 25.1 Å². The summed E-state index contributed by atoms with van der Waals surface area (Å²) in [6.45, 7) is 4.36. The molecule has 0 aromatic heterocycles. The summed E-state index contributed by atoms with van der Waals surface area (Å²) in [6.07, 6.45) is 0.958. The van der Waals surface area contributed by atoms with Crippen LogP contribution in [0, 0.1) is 0 Å². The topological polar surface area (TPSA) is 58.6 Å². The number of anilines is 1. The molecule has 1 N–H and O–H groups in total. The highest BCUT2D eigenvalue weighted by atomic mass is 16.5. The highest BCUT2D eigenvalue weighted by Crippen LogP contribution is 2.14. The third kappa shape index (κ3) is 4.25. The van der Waals surface area contributed by atoms with E-state index in [4.69, 9.17) is 4.74 Å². The Balaban J connectivity index is 1.71. The van der Waals surface area contributed by atoms with Gasteiger partial charge in [-0.3, -0.25) is 9.59 Å². The minimum atomic E-state index is -0.221. The molecule has 0 saturated carbocycles. The average molecular weight is 338 g/mol. The van der Waals surface area contributed by atoms with Crippen LogP contribution in [0.25, 0.3) is 0 Å². The first kappa shape index (κ1) is 17.2. The smallest absolute Gasteiger partial charge is 0.255 e. The average Bonchev–Trinajstić information content (AvgIpc) is 2.68. The standard InChI is InChI=1S/C20H22N2O3/c1-2-15-6-8-18(9-7-15)21-19(23)16-4-3-5-17(14-16)20(24)22-10-12-25-13-11-22/h3-9,14H,2,10-13H2,1H3,(H,21,23). The molecule has 5 heteroatoms. The molecule has 1 heterocycles. The molecule has 0 radical (unpaired) electrons. The molecule has 1 fully saturated rings. The third-order valence-corrected chi connectivity index (χ3v) is 4.29. The predicted molar refractivity (Wildman–Crippen MR) is 96.9 cm³/mol. The maximum atomic E-state index is 12.5. The van der Waals surface area contributed by atoms with Gasteiger partial charge in [0.2, 0.25) is 0 Å². The highest BCUT2D eigenvalue weighted by Gasteiger charge is 2.19. The van der Waals surface area contributed by atoms with Crippen LogP contribution in [0.3, 0.4) is 0 Å². The Bertz CT molecular complexity index is 750. The normalized spacial score (nSPS) is 14.2. The summed E-state index contributed by atoms with van der Waals surface area (Å²) >= 11 is 0. The van der Waals surface area contributed by atoms with Crippen LogP contribution in [-0.2, 0) is 11.2 Å². The van der Waals surface area contributed by atoms with E-state index in [0.717, 1.165) is 12.1 Å². The number of amides is 2. The summed E-state index contributed by atoms with van der Waals surface area (Å²) in [5.74, 6) is -0.286. The van der Waals surface area contributed by atoms with Crippen LogP contribution in [0.1, 0.15) is 33.2 Å². The van der Waals surface area contributed by atoms with Crippen molar-refractivity contribution in [1.82, 2.24) is 4.90 Å². The molecular weight excluding hydrogens is 316 g/mol. The van der Waals surface area contributed by atoms with Crippen molar-refractivity contribution >= 4 is 17.5 Å². The number of rotatable bonds is 4. The van der Waals surface area contributed by atoms with Crippen LogP contribution < -0.4 is 5.32 Å². The van der Waals surface area contributed by atoms with Gasteiger partial charge in [0.05, 0.1) is 13.2 Å². The molecule has 2 aromatic carbocycles. The molecule has 0 aliphatic carbocycles. The van der Waals surface area contributed by atoms with E-state index in [2.05, 4.69) is 12.2 Å². The van der Waals surface area contributed by atoms with E-state index in [1.54, 1.807) is 29.2 Å². The number of carbonyl (C=O) groups is 2. The Morgan fingerprint density at radius 1 is 1.04 bits per heavy atom. The first-order valence-corrected chi connectivity index (χ1v) is 8.55. The maximum Gasteiger partial charge on any atom is 0.255 e. The van der Waals surface area contributed by atoms with Crippen molar-refractivity contribution in [2.75, 3.05) is 31.6 Å². The molecule has 25 heavy (non-hydrogen) atoms. The second-order valence-electron chi connectivity index (χ2n) is 5.99. The molecule has 0 atom stereocenters. The van der Waals surface area contributed by atoms with Crippen LogP contribution in [0.5, 0.6) is 0 Å². The Labute approximate surface area is 147 Å². The fourth-order valence-corrected chi connectivity index (χ4v) is 2.77. The van der Waals surface area contributed by atoms with Gasteiger partial charge < -0.3 is 15.0 Å². The molecule has 0 spiro atoms. The first-order valence-electron chi connectivity index (χ1n) is 8.55. The predicted octanol–water partition coefficient (Wildman–Crippen LogP) is 2.97. The van der Waals surface area contributed by atoms with Crippen LogP contribution in [-0.4, -0.2) is 43.0 Å². The molecule has 2 amide bonds. The lowest BCUT2D eigenvalue weighted by Gasteiger charge is -2.27. The molecule has 1 aliphatic rings. The van der Waals surface area contributed by atoms with Gasteiger partial charge in [-0.2, -0.15) is 0 Å². The van der Waals surface area contributed by atoms with Gasteiger partial charge in [0.25, 0.3) is 11.8 Å². The lowest BCUT2D eigenvalue weighted by molar-refractivity contribution is 0.0303. The highest BCUT2D eigenvalue weighted by molar-refractivity contribution is 6.06. The number of nitrogens with one attached hydrogen (secondary N) is 1. The zero-order valence-corrected chi connectivity index (χ0v) is 14.3. The molecule has 1 aliphatic heterocycles. The molecule has 130 valence electrons. The molecule has 0 unspecified atom stereocenters. The zero-order valence-electron chi connectivity index (χ0n) is 14.3. The van der Waals surface area contributed by atoms with Crippen molar-refractivity contribution in [3.8, 4) is 0 Å². The van der Waals surface area contributed by atoms with Gasteiger partial charge in [-0.15, -0.1) is 0 Å². The fourth-order valence-electron chi connectivity index (χ4n) is 2.77. The second-order valence-corrected chi connectivity index (χ2v) is 5.99. The second kappa shape index (κ2) is 7.94. The zero-order chi connectivity index (χ0) is 17.6. The van der Waals surface area contributed by atoms with Gasteiger partial charge in [0.1, 0.15) is 0 Å². The molecule has 1 saturated heterocycles. The van der Waals surface area contributed by atoms with E-state index in [-0.39, 0.29) is 11.8 Å². The minimum Gasteiger partial charge on any atom is -0.378 e. The van der Waals surface area contributed by atoms with E-state index in [1.165, 1.54) is 5.56 Å². The van der Waals surface area contributed by atoms with Crippen molar-refractivity contribution in [2.45, 2.75) is 13.3 Å². The number of morpholine rings is 1. The van der Waals surface area contributed by atoms with Crippen LogP contribution in [0.2, 0.25) is 0 Å². The monoisotopic (exact) mass is 338 g/mol. The quantitative estimate of drug-likeness (QED) is 0.932. The molecule has 5 nitrogen and oxygen atoms in total. The van der Waals surface area contributed by atoms with Crippen molar-refractivity contribution < 1.29 is 14.3 Å². The number of benzene rings is 2. The van der Waals surface area contributed by atoms with Gasteiger partial charge in [0.15, 0.2) is 0 Å². The largest absolute Gasteiger partial charge is 0.378 e. The summed E-state index contributed by atoms with van der Waals surface area (Å²) in [6, 6.07) is 14.6. The summed E-state index contributed by atoms with van der Waals surface area (Å²) in [4.78, 5) is 26.8. The minimum absolute atomic E-state index is 0.0646. The van der Waals surface area contributed by atoms with Crippen molar-refractivity contribution in [3.63, 3.8) is 0 Å². The Hall–Kier alpha value is -2.66. The van der Waals surface area contributed by atoms with Gasteiger partial charge >= 0.3 is 0 Å². The molecule has 3 rings (SSSR count). The van der Waals surface area contributed by atoms with Crippen LogP contribution in [0.15, 0.2) is 48.5 Å². The molecule has 0 bridgehead atoms. The first-order chi connectivity index (χ1) is 12.2. The number of carbonyl (C=O) groups excluding carboxylic acids is 2. The summed E-state index contributed by atoms with van der Waals surface area (Å²) in [5.41, 5.74) is 2.96. The van der Waals surface area contributed by atoms with Crippen molar-refractivity contribution in [2.24, 2.45) is 0 Å². The number of hydrogen-bond acceptors (Lipinski definition) is 3.